The van der Waals surface area contributed by atoms with E-state index in [0.717, 1.165) is 31.2 Å². The summed E-state index contributed by atoms with van der Waals surface area (Å²) in [6, 6.07) is 6.26. The molecule has 1 aliphatic carbocycles. The molecule has 1 aliphatic heterocycles. The highest BCUT2D eigenvalue weighted by Crippen LogP contribution is 2.49. The molecule has 0 atom stereocenters. The van der Waals surface area contributed by atoms with Crippen molar-refractivity contribution in [2.75, 3.05) is 13.2 Å². The standard InChI is InChI=1S/C14H16FNO2/c15-12-5-3-11(4-6-12)14(7-8-14)13(17)16-9-1-2-10-18-16/h3-6H,1-2,7-10H2. The molecule has 0 N–H and O–H groups in total. The van der Waals surface area contributed by atoms with Gasteiger partial charge in [0.15, 0.2) is 0 Å². The monoisotopic (exact) mass is 249 g/mol. The van der Waals surface area contributed by atoms with E-state index >= 15 is 0 Å². The van der Waals surface area contributed by atoms with Crippen molar-refractivity contribution in [2.24, 2.45) is 0 Å². The summed E-state index contributed by atoms with van der Waals surface area (Å²) >= 11 is 0. The summed E-state index contributed by atoms with van der Waals surface area (Å²) in [6.07, 6.45) is 3.66. The molecule has 1 heterocycles. The van der Waals surface area contributed by atoms with E-state index in [9.17, 15) is 9.18 Å². The number of carbonyl (C=O) groups is 1. The number of hydrogen-bond donors (Lipinski definition) is 0. The number of benzene rings is 1. The Bertz CT molecular complexity index is 447. The lowest BCUT2D eigenvalue weighted by atomic mass is 9.94. The number of carbonyl (C=O) groups excluding carboxylic acids is 1. The second kappa shape index (κ2) is 4.35. The summed E-state index contributed by atoms with van der Waals surface area (Å²) in [5, 5.41) is 1.50. The third kappa shape index (κ3) is 1.90. The Labute approximate surface area is 105 Å². The van der Waals surface area contributed by atoms with Crippen LogP contribution in [-0.4, -0.2) is 24.1 Å². The minimum absolute atomic E-state index is 0.0359. The number of hydroxylamine groups is 2. The number of hydrogen-bond acceptors (Lipinski definition) is 2. The van der Waals surface area contributed by atoms with Crippen LogP contribution in [0, 0.1) is 5.82 Å². The highest BCUT2D eigenvalue weighted by atomic mass is 19.1. The summed E-state index contributed by atoms with van der Waals surface area (Å²) in [6.45, 7) is 1.28. The maximum absolute atomic E-state index is 12.9. The molecule has 1 aromatic rings. The Kier molecular flexibility index (Phi) is 2.82. The van der Waals surface area contributed by atoms with Gasteiger partial charge in [-0.05, 0) is 43.4 Å². The van der Waals surface area contributed by atoms with Crippen molar-refractivity contribution in [3.63, 3.8) is 0 Å². The zero-order valence-electron chi connectivity index (χ0n) is 10.2. The Hall–Kier alpha value is -1.42. The summed E-state index contributed by atoms with van der Waals surface area (Å²) in [5.41, 5.74) is 0.452. The Morgan fingerprint density at radius 2 is 1.94 bits per heavy atom. The summed E-state index contributed by atoms with van der Waals surface area (Å²) < 4.78 is 12.9. The molecule has 0 unspecified atom stereocenters. The van der Waals surface area contributed by atoms with Gasteiger partial charge in [-0.2, -0.15) is 0 Å². The van der Waals surface area contributed by atoms with Gasteiger partial charge < -0.3 is 0 Å². The number of nitrogens with zero attached hydrogens (tertiary/aromatic N) is 1. The van der Waals surface area contributed by atoms with Crippen LogP contribution in [-0.2, 0) is 15.0 Å². The lowest BCUT2D eigenvalue weighted by Gasteiger charge is -2.29. The van der Waals surface area contributed by atoms with E-state index in [1.807, 2.05) is 0 Å². The number of rotatable bonds is 2. The molecular weight excluding hydrogens is 233 g/mol. The Morgan fingerprint density at radius 3 is 2.50 bits per heavy atom. The van der Waals surface area contributed by atoms with Crippen LogP contribution < -0.4 is 0 Å². The van der Waals surface area contributed by atoms with Gasteiger partial charge in [0.25, 0.3) is 5.91 Å². The van der Waals surface area contributed by atoms with E-state index < -0.39 is 5.41 Å². The molecule has 0 spiro atoms. The molecule has 1 aromatic carbocycles. The smallest absolute Gasteiger partial charge is 0.256 e. The van der Waals surface area contributed by atoms with Crippen molar-refractivity contribution in [1.82, 2.24) is 5.06 Å². The zero-order valence-corrected chi connectivity index (χ0v) is 10.2. The molecule has 18 heavy (non-hydrogen) atoms. The predicted octanol–water partition coefficient (Wildman–Crippen LogP) is 2.41. The van der Waals surface area contributed by atoms with Crippen LogP contribution in [0.25, 0.3) is 0 Å². The van der Waals surface area contributed by atoms with E-state index in [0.29, 0.717) is 13.2 Å². The normalized spacial score (nSPS) is 21.7. The third-order valence-electron chi connectivity index (χ3n) is 3.79. The lowest BCUT2D eigenvalue weighted by Crippen LogP contribution is -2.42. The van der Waals surface area contributed by atoms with Crippen LogP contribution in [0.5, 0.6) is 0 Å². The molecule has 1 saturated heterocycles. The first-order valence-electron chi connectivity index (χ1n) is 6.43. The molecule has 0 bridgehead atoms. The maximum Gasteiger partial charge on any atom is 0.256 e. The highest BCUT2D eigenvalue weighted by Gasteiger charge is 2.53. The molecule has 2 aliphatic rings. The maximum atomic E-state index is 12.9. The van der Waals surface area contributed by atoms with Crippen LogP contribution in [0.3, 0.4) is 0 Å². The summed E-state index contributed by atoms with van der Waals surface area (Å²) in [4.78, 5) is 17.9. The second-order valence-electron chi connectivity index (χ2n) is 5.04. The molecule has 3 rings (SSSR count). The van der Waals surface area contributed by atoms with E-state index in [2.05, 4.69) is 0 Å². The number of amides is 1. The van der Waals surface area contributed by atoms with Crippen molar-refractivity contribution in [3.05, 3.63) is 35.6 Å². The van der Waals surface area contributed by atoms with Crippen LogP contribution in [0.2, 0.25) is 0 Å². The highest BCUT2D eigenvalue weighted by molar-refractivity contribution is 5.90. The van der Waals surface area contributed by atoms with Gasteiger partial charge in [-0.15, -0.1) is 0 Å². The first-order chi connectivity index (χ1) is 8.72. The first kappa shape index (κ1) is 11.7. The molecule has 4 heteroatoms. The molecule has 96 valence electrons. The van der Waals surface area contributed by atoms with E-state index in [1.165, 1.54) is 17.2 Å². The van der Waals surface area contributed by atoms with E-state index in [1.54, 1.807) is 12.1 Å². The van der Waals surface area contributed by atoms with Gasteiger partial charge in [0.1, 0.15) is 5.82 Å². The summed E-state index contributed by atoms with van der Waals surface area (Å²) in [5.74, 6) is -0.231. The fourth-order valence-electron chi connectivity index (χ4n) is 2.52. The molecule has 2 fully saturated rings. The molecule has 0 radical (unpaired) electrons. The van der Waals surface area contributed by atoms with E-state index in [4.69, 9.17) is 4.84 Å². The van der Waals surface area contributed by atoms with Crippen molar-refractivity contribution in [1.29, 1.82) is 0 Å². The second-order valence-corrected chi connectivity index (χ2v) is 5.04. The molecule has 1 saturated carbocycles. The van der Waals surface area contributed by atoms with E-state index in [-0.39, 0.29) is 11.7 Å². The van der Waals surface area contributed by atoms with Crippen LogP contribution in [0.15, 0.2) is 24.3 Å². The quantitative estimate of drug-likeness (QED) is 0.805. The topological polar surface area (TPSA) is 29.5 Å². The molecular formula is C14H16FNO2. The van der Waals surface area contributed by atoms with Crippen molar-refractivity contribution >= 4 is 5.91 Å². The average molecular weight is 249 g/mol. The zero-order chi connectivity index (χ0) is 12.6. The molecule has 1 amide bonds. The summed E-state index contributed by atoms with van der Waals surface area (Å²) in [7, 11) is 0. The minimum Gasteiger partial charge on any atom is -0.272 e. The molecule has 0 aromatic heterocycles. The van der Waals surface area contributed by atoms with Crippen LogP contribution in [0.4, 0.5) is 4.39 Å². The first-order valence-corrected chi connectivity index (χ1v) is 6.43. The van der Waals surface area contributed by atoms with Gasteiger partial charge in [0.05, 0.1) is 12.0 Å². The van der Waals surface area contributed by atoms with Crippen molar-refractivity contribution < 1.29 is 14.0 Å². The fourth-order valence-corrected chi connectivity index (χ4v) is 2.52. The molecule has 3 nitrogen and oxygen atoms in total. The van der Waals surface area contributed by atoms with Gasteiger partial charge in [-0.25, -0.2) is 9.45 Å². The van der Waals surface area contributed by atoms with Crippen molar-refractivity contribution in [3.8, 4) is 0 Å². The van der Waals surface area contributed by atoms with Crippen LogP contribution in [0.1, 0.15) is 31.2 Å². The van der Waals surface area contributed by atoms with Gasteiger partial charge in [-0.3, -0.25) is 9.63 Å². The average Bonchev–Trinajstić information content (AvgIpc) is 3.21. The Balaban J connectivity index is 1.81. The van der Waals surface area contributed by atoms with Gasteiger partial charge in [0, 0.05) is 6.54 Å². The van der Waals surface area contributed by atoms with Gasteiger partial charge in [-0.1, -0.05) is 12.1 Å². The van der Waals surface area contributed by atoms with Gasteiger partial charge in [0.2, 0.25) is 0 Å². The minimum atomic E-state index is -0.453. The lowest BCUT2D eigenvalue weighted by molar-refractivity contribution is -0.199. The third-order valence-corrected chi connectivity index (χ3v) is 3.79. The Morgan fingerprint density at radius 1 is 1.22 bits per heavy atom. The largest absolute Gasteiger partial charge is 0.272 e. The predicted molar refractivity (Wildman–Crippen MR) is 64.2 cm³/mol. The SMILES string of the molecule is O=C(N1CCCCO1)C1(c2ccc(F)cc2)CC1. The number of halogens is 1. The van der Waals surface area contributed by atoms with Gasteiger partial charge >= 0.3 is 0 Å². The fraction of sp³-hybridized carbons (Fsp3) is 0.500. The van der Waals surface area contributed by atoms with Crippen molar-refractivity contribution in [2.45, 2.75) is 31.1 Å². The van der Waals surface area contributed by atoms with Crippen LogP contribution >= 0.6 is 0 Å².